The summed E-state index contributed by atoms with van der Waals surface area (Å²) in [4.78, 5) is 205. The SMILES string of the molecule is CC(=O)O[C@@]12CO[C@@H]1C[C@H](O)[C@@]1(C)C(=O)[C@H](O)C3=C(C)[C@@H](OC(=O)[C@H](OC(=O)CCCc4cn(CCCNC(=O)[C@@H](Cc5ccccc5)NC(=O)[C@@H](Cc5ccccc5)NC(=O)CCC(=O)NCCCCCC(=O)N(CCCC[C@H](NC(=O)N[C@@H](CCC(=O)O)C(=O)O)C(=O)O)Cc5ccc(Cl)c(F)c5)nn4)[C@@H](NC(=O)OC(C)(C)C)c4ccccc4)C[C@@](O)([C@@H](OC(=O)c4ccccc4)[C@H]21)C3(C)C. The number of carboxylic acid groups (broad SMARTS) is 3. The molecular weight excluding hydrogens is 1830 g/mol. The highest BCUT2D eigenvalue weighted by molar-refractivity contribution is 6.30. The monoisotopic (exact) mass is 1950 g/mol. The van der Waals surface area contributed by atoms with Crippen LogP contribution < -0.4 is 37.2 Å². The minimum atomic E-state index is -2.53. The number of esters is 4. The minimum absolute atomic E-state index is 0.00459. The van der Waals surface area contributed by atoms with Crippen LogP contribution in [0.1, 0.15) is 202 Å². The van der Waals surface area contributed by atoms with Crippen LogP contribution in [0.15, 0.2) is 157 Å². The number of ether oxygens (including phenoxy) is 6. The minimum Gasteiger partial charge on any atom is -0.481 e. The van der Waals surface area contributed by atoms with E-state index >= 15 is 9.59 Å². The lowest BCUT2D eigenvalue weighted by Gasteiger charge is -2.67. The number of aromatic nitrogens is 3. The molecule has 8 amide bonds. The molecule has 2 bridgehead atoms. The number of rotatable bonds is 48. The first kappa shape index (κ1) is 108. The Kier molecular flexibility index (Phi) is 38.0. The van der Waals surface area contributed by atoms with E-state index in [0.717, 1.165) is 6.92 Å². The van der Waals surface area contributed by atoms with Crippen molar-refractivity contribution < 1.29 is 135 Å². The molecule has 5 aromatic carbocycles. The van der Waals surface area contributed by atoms with Crippen molar-refractivity contribution in [1.29, 1.82) is 0 Å². The van der Waals surface area contributed by atoms with Crippen LogP contribution >= 0.6 is 11.6 Å². The number of benzene rings is 5. The number of carbonyl (C=O) groups is 15. The van der Waals surface area contributed by atoms with Gasteiger partial charge in [-0.3, -0.25) is 47.8 Å². The Bertz CT molecular complexity index is 5400. The number of ketones is 1. The highest BCUT2D eigenvalue weighted by atomic mass is 35.5. The quantitative estimate of drug-likeness (QED) is 0.00746. The molecular formula is C99H123ClFN11O27. The van der Waals surface area contributed by atoms with Crippen LogP contribution in [0, 0.1) is 22.6 Å². The number of hydrogen-bond acceptors (Lipinski definition) is 26. The first-order valence-corrected chi connectivity index (χ1v) is 46.7. The average Bonchev–Trinajstić information content (AvgIpc) is 0.837. The third kappa shape index (κ3) is 28.8. The van der Waals surface area contributed by atoms with Crippen molar-refractivity contribution in [1.82, 2.24) is 57.1 Å². The molecule has 0 radical (unpaired) electrons. The number of aliphatic hydroxyl groups is 3. The lowest BCUT2D eigenvalue weighted by Crippen LogP contribution is -2.81. The molecule has 139 heavy (non-hydrogen) atoms. The molecule has 3 fully saturated rings. The fraction of sp³-hybridized carbons (Fsp3) is 0.505. The Labute approximate surface area is 807 Å². The Morgan fingerprint density at radius 3 is 1.88 bits per heavy atom. The number of halogens is 2. The zero-order chi connectivity index (χ0) is 101. The standard InChI is InChI=1S/C99H123ClFN11O27/c1-58-72(54-99(133)86(137-91(129)64-34-20-12-21-35-64)84-97(8,85(122)82(121)80(58)96(99,6)7)73(114)53-74-98(84,57-134-74)138-59(2)113)135-92(130)83(81(63-32-18-11-19-33-63)108-94(132)139-95(3,4)5)136-79(120)39-26-36-65-56-112(110-109-65)49-27-47-103-87(123)70(51-60-28-14-9-15-29-60)105-88(124)71(52-61-30-16-10-17-31-61)104-76(116)44-43-75(115)102-46-24-13-22-38-77(117)111(55-62-40-41-66(100)67(101)50-62)48-25-23-37-68(89(125)126)106-93(131)107-69(90(127)128)42-45-78(118)119/h9-12,14-21,28-35,40-41,50,56,68-74,81-84,86,114,121,133H,13,22-27,36-39,42-49,51-55,57H2,1-8H3,(H,102,115)(H,103,123)(H,104,116)(H,105,124)(H,108,132)(H,118,119)(H,125,126)(H,127,128)(H2,106,107,131)/t68-,69-,70+,71+,72-,73-,74+,81-,82+,83+,84-,86-,97+,98-,99+/m0/s1. The molecule has 38 nitrogen and oxygen atoms in total. The van der Waals surface area contributed by atoms with Crippen LogP contribution in [-0.4, -0.2) is 244 Å². The molecule has 15 atom stereocenters. The number of hydrogen-bond donors (Lipinski definition) is 13. The van der Waals surface area contributed by atoms with Crippen LogP contribution in [0.4, 0.5) is 14.0 Å². The third-order valence-electron chi connectivity index (χ3n) is 25.6. The molecule has 1 saturated heterocycles. The lowest BCUT2D eigenvalue weighted by atomic mass is 9.44. The number of amides is 8. The Hall–Kier alpha value is -13.1. The summed E-state index contributed by atoms with van der Waals surface area (Å²) in [6.45, 7) is 11.9. The predicted octanol–water partition coefficient (Wildman–Crippen LogP) is 7.91. The van der Waals surface area contributed by atoms with E-state index in [1.807, 2.05) is 0 Å². The van der Waals surface area contributed by atoms with Crippen molar-refractivity contribution in [2.24, 2.45) is 16.7 Å². The summed E-state index contributed by atoms with van der Waals surface area (Å²) in [6, 6.07) is 29.3. The number of alkyl carbamates (subject to hydrolysis) is 1. The maximum absolute atomic E-state index is 15.6. The number of aryl methyl sites for hydroxylation is 2. The Balaban J connectivity index is 0.735. The molecule has 2 saturated carbocycles. The van der Waals surface area contributed by atoms with Crippen LogP contribution in [0.3, 0.4) is 0 Å². The van der Waals surface area contributed by atoms with E-state index in [4.69, 9.17) is 45.1 Å². The molecule has 40 heteroatoms. The van der Waals surface area contributed by atoms with Crippen molar-refractivity contribution in [2.75, 3.05) is 26.2 Å². The number of Topliss-reactive ketones (excluding diaryl/α,β-unsaturated/α-hetero) is 1. The van der Waals surface area contributed by atoms with Crippen molar-refractivity contribution in [3.63, 3.8) is 0 Å². The largest absolute Gasteiger partial charge is 0.481 e. The fourth-order valence-electron chi connectivity index (χ4n) is 18.3. The van der Waals surface area contributed by atoms with Crippen molar-refractivity contribution in [3.05, 3.63) is 201 Å². The predicted molar refractivity (Wildman–Crippen MR) is 495 cm³/mol. The summed E-state index contributed by atoms with van der Waals surface area (Å²) >= 11 is 5.92. The average molecular weight is 1950 g/mol. The van der Waals surface area contributed by atoms with Gasteiger partial charge in [-0.15, -0.1) is 5.10 Å². The van der Waals surface area contributed by atoms with Gasteiger partial charge >= 0.3 is 53.9 Å². The molecule has 750 valence electrons. The summed E-state index contributed by atoms with van der Waals surface area (Å²) in [5, 5.41) is 93.7. The van der Waals surface area contributed by atoms with Gasteiger partial charge in [-0.2, -0.15) is 0 Å². The number of nitrogens with zero attached hydrogens (tertiary/aromatic N) is 4. The first-order valence-electron chi connectivity index (χ1n) is 46.3. The molecule has 0 unspecified atom stereocenters. The second kappa shape index (κ2) is 48.9. The van der Waals surface area contributed by atoms with Gasteiger partial charge < -0.3 is 101 Å². The summed E-state index contributed by atoms with van der Waals surface area (Å²) < 4.78 is 52.8. The van der Waals surface area contributed by atoms with Gasteiger partial charge in [-0.05, 0) is 150 Å². The molecule has 13 N–H and O–H groups in total. The van der Waals surface area contributed by atoms with Gasteiger partial charge in [0, 0.05) is 109 Å². The van der Waals surface area contributed by atoms with Gasteiger partial charge in [-0.25, -0.2) is 33.2 Å². The molecule has 0 spiro atoms. The molecule has 6 aromatic rings. The van der Waals surface area contributed by atoms with E-state index in [0.29, 0.717) is 48.1 Å². The van der Waals surface area contributed by atoms with E-state index in [9.17, 15) is 92.3 Å². The number of urea groups is 1. The normalized spacial score (nSPS) is 21.4. The van der Waals surface area contributed by atoms with Crippen LogP contribution in [0.25, 0.3) is 0 Å². The molecule has 2 heterocycles. The van der Waals surface area contributed by atoms with E-state index < -0.39 is 209 Å². The second-order valence-electron chi connectivity index (χ2n) is 37.1. The van der Waals surface area contributed by atoms with Crippen LogP contribution in [-0.2, 0) is 118 Å². The zero-order valence-corrected chi connectivity index (χ0v) is 79.5. The number of carbonyl (C=O) groups excluding carboxylic acids is 12. The Morgan fingerprint density at radius 2 is 1.27 bits per heavy atom. The highest BCUT2D eigenvalue weighted by Gasteiger charge is 2.78. The smallest absolute Gasteiger partial charge is 0.408 e. The second-order valence-corrected chi connectivity index (χ2v) is 37.5. The van der Waals surface area contributed by atoms with Gasteiger partial charge in [0.25, 0.3) is 0 Å². The number of aliphatic hydroxyl groups excluding tert-OH is 2. The number of aliphatic carboxylic acids is 3. The summed E-state index contributed by atoms with van der Waals surface area (Å²) in [5.41, 5.74) is -7.05. The topological polar surface area (TPSA) is 551 Å². The molecule has 4 aliphatic rings. The Morgan fingerprint density at radius 1 is 0.662 bits per heavy atom. The first-order chi connectivity index (χ1) is 65.9. The molecule has 1 aliphatic heterocycles. The van der Waals surface area contributed by atoms with Gasteiger partial charge in [-0.1, -0.05) is 152 Å². The number of unbranched alkanes of at least 4 members (excludes halogenated alkanes) is 3. The lowest BCUT2D eigenvalue weighted by molar-refractivity contribution is -0.346. The van der Waals surface area contributed by atoms with Crippen LogP contribution in [0.5, 0.6) is 0 Å². The fourth-order valence-corrected chi connectivity index (χ4v) is 18.4. The molecule has 1 aromatic heterocycles. The van der Waals surface area contributed by atoms with E-state index in [1.54, 1.807) is 142 Å². The van der Waals surface area contributed by atoms with E-state index in [1.165, 1.54) is 61.5 Å². The van der Waals surface area contributed by atoms with Crippen molar-refractivity contribution in [2.45, 2.75) is 274 Å². The molecule has 3 aliphatic carbocycles. The van der Waals surface area contributed by atoms with Gasteiger partial charge in [0.1, 0.15) is 71.6 Å². The van der Waals surface area contributed by atoms with Gasteiger partial charge in [0.2, 0.25) is 35.6 Å². The van der Waals surface area contributed by atoms with Crippen LogP contribution in [0.2, 0.25) is 5.02 Å². The van der Waals surface area contributed by atoms with Crippen molar-refractivity contribution >= 4 is 101 Å². The van der Waals surface area contributed by atoms with Gasteiger partial charge in [0.05, 0.1) is 40.3 Å². The van der Waals surface area contributed by atoms with Crippen molar-refractivity contribution in [3.8, 4) is 0 Å². The maximum atomic E-state index is 15.6. The maximum Gasteiger partial charge on any atom is 0.408 e. The third-order valence-corrected chi connectivity index (χ3v) is 25.9. The number of carboxylic acids is 3. The zero-order valence-electron chi connectivity index (χ0n) is 78.8. The number of nitrogens with one attached hydrogen (secondary N) is 7. The molecule has 10 rings (SSSR count). The van der Waals surface area contributed by atoms with Gasteiger partial charge in [0.15, 0.2) is 11.4 Å². The summed E-state index contributed by atoms with van der Waals surface area (Å²) in [7, 11) is 0. The van der Waals surface area contributed by atoms with E-state index in [-0.39, 0.29) is 150 Å². The summed E-state index contributed by atoms with van der Waals surface area (Å²) in [6.07, 6.45) is -10.8. The highest BCUT2D eigenvalue weighted by Crippen LogP contribution is 2.64. The van der Waals surface area contributed by atoms with E-state index in [2.05, 4.69) is 47.5 Å². The number of fused-ring (bicyclic) bond motifs is 5. The summed E-state index contributed by atoms with van der Waals surface area (Å²) in [5.74, 6) is -14.4.